The standard InChI is InChI=1S/C21H18FN5O2S/c1-3-29-18-12-19(14-7-5-4-6-8-14)30-20(18)21(28)23-17-11-15(9-10-16(17)22)27-13(2)24-25-26-27/h4-12H,3H2,1-2H3,(H,23,28). The molecule has 2 aromatic heterocycles. The molecule has 0 fully saturated rings. The summed E-state index contributed by atoms with van der Waals surface area (Å²) in [5, 5.41) is 13.9. The number of halogens is 1. The van der Waals surface area contributed by atoms with Gasteiger partial charge in [-0.05, 0) is 54.1 Å². The van der Waals surface area contributed by atoms with Crippen LogP contribution in [-0.4, -0.2) is 32.7 Å². The fourth-order valence-corrected chi connectivity index (χ4v) is 3.93. The fourth-order valence-electron chi connectivity index (χ4n) is 2.93. The monoisotopic (exact) mass is 423 g/mol. The van der Waals surface area contributed by atoms with Crippen LogP contribution in [0.5, 0.6) is 5.75 Å². The number of aromatic nitrogens is 4. The SMILES string of the molecule is CCOc1cc(-c2ccccc2)sc1C(=O)Nc1cc(-n2nnnc2C)ccc1F. The van der Waals surface area contributed by atoms with Crippen LogP contribution in [0.2, 0.25) is 0 Å². The van der Waals surface area contributed by atoms with Gasteiger partial charge in [-0.15, -0.1) is 16.4 Å². The van der Waals surface area contributed by atoms with Crippen molar-refractivity contribution in [2.75, 3.05) is 11.9 Å². The van der Waals surface area contributed by atoms with Gasteiger partial charge in [0.2, 0.25) is 0 Å². The summed E-state index contributed by atoms with van der Waals surface area (Å²) in [5.41, 5.74) is 1.55. The number of hydrogen-bond acceptors (Lipinski definition) is 6. The van der Waals surface area contributed by atoms with Gasteiger partial charge in [-0.25, -0.2) is 4.39 Å². The van der Waals surface area contributed by atoms with E-state index in [0.717, 1.165) is 10.4 Å². The number of anilines is 1. The van der Waals surface area contributed by atoms with Crippen molar-refractivity contribution in [3.05, 3.63) is 71.1 Å². The number of amides is 1. The third kappa shape index (κ3) is 3.92. The lowest BCUT2D eigenvalue weighted by Crippen LogP contribution is -2.13. The highest BCUT2D eigenvalue weighted by Gasteiger charge is 2.20. The maximum Gasteiger partial charge on any atom is 0.269 e. The Bertz CT molecular complexity index is 1190. The van der Waals surface area contributed by atoms with E-state index in [9.17, 15) is 9.18 Å². The van der Waals surface area contributed by atoms with E-state index in [-0.39, 0.29) is 5.69 Å². The molecule has 0 aliphatic heterocycles. The first-order chi connectivity index (χ1) is 14.6. The molecule has 0 aliphatic carbocycles. The second-order valence-electron chi connectivity index (χ2n) is 6.36. The van der Waals surface area contributed by atoms with Crippen molar-refractivity contribution in [2.24, 2.45) is 0 Å². The Balaban J connectivity index is 1.66. The summed E-state index contributed by atoms with van der Waals surface area (Å²) in [4.78, 5) is 14.2. The Morgan fingerprint density at radius 1 is 1.20 bits per heavy atom. The topological polar surface area (TPSA) is 81.9 Å². The quantitative estimate of drug-likeness (QED) is 0.494. The molecule has 0 spiro atoms. The van der Waals surface area contributed by atoms with Gasteiger partial charge < -0.3 is 10.1 Å². The van der Waals surface area contributed by atoms with Crippen LogP contribution >= 0.6 is 11.3 Å². The number of benzene rings is 2. The molecule has 0 radical (unpaired) electrons. The minimum absolute atomic E-state index is 0.0320. The maximum atomic E-state index is 14.4. The summed E-state index contributed by atoms with van der Waals surface area (Å²) in [5.74, 6) is 0.000702. The van der Waals surface area contributed by atoms with Gasteiger partial charge in [0, 0.05) is 4.88 Å². The highest BCUT2D eigenvalue weighted by molar-refractivity contribution is 7.17. The van der Waals surface area contributed by atoms with Gasteiger partial charge in [0.1, 0.15) is 16.4 Å². The fraction of sp³-hybridized carbons (Fsp3) is 0.143. The van der Waals surface area contributed by atoms with Gasteiger partial charge in [0.25, 0.3) is 5.91 Å². The van der Waals surface area contributed by atoms with E-state index in [0.29, 0.717) is 28.7 Å². The van der Waals surface area contributed by atoms with E-state index in [1.54, 1.807) is 13.0 Å². The zero-order valence-corrected chi connectivity index (χ0v) is 17.1. The number of ether oxygens (including phenoxy) is 1. The number of rotatable bonds is 6. The van der Waals surface area contributed by atoms with Crippen molar-refractivity contribution in [1.29, 1.82) is 0 Å². The maximum absolute atomic E-state index is 14.4. The van der Waals surface area contributed by atoms with E-state index in [1.807, 2.05) is 43.3 Å². The van der Waals surface area contributed by atoms with Crippen molar-refractivity contribution in [2.45, 2.75) is 13.8 Å². The van der Waals surface area contributed by atoms with Crippen LogP contribution in [0.15, 0.2) is 54.6 Å². The van der Waals surface area contributed by atoms with Gasteiger partial charge in [0.15, 0.2) is 5.82 Å². The Kier molecular flexibility index (Phi) is 5.53. The van der Waals surface area contributed by atoms with Crippen molar-refractivity contribution in [3.8, 4) is 21.9 Å². The van der Waals surface area contributed by atoms with Crippen molar-refractivity contribution >= 4 is 22.9 Å². The normalized spacial score (nSPS) is 10.8. The van der Waals surface area contributed by atoms with E-state index < -0.39 is 11.7 Å². The van der Waals surface area contributed by atoms with Gasteiger partial charge in [-0.1, -0.05) is 30.3 Å². The molecule has 0 aliphatic rings. The molecule has 4 rings (SSSR count). The number of carbonyl (C=O) groups is 1. The average Bonchev–Trinajstić information content (AvgIpc) is 3.37. The van der Waals surface area contributed by atoms with Crippen molar-refractivity contribution in [1.82, 2.24) is 20.2 Å². The number of nitrogens with one attached hydrogen (secondary N) is 1. The molecule has 2 heterocycles. The minimum atomic E-state index is -0.560. The molecule has 0 bridgehead atoms. The number of carbonyl (C=O) groups excluding carboxylic acids is 1. The van der Waals surface area contributed by atoms with Crippen LogP contribution < -0.4 is 10.1 Å². The summed E-state index contributed by atoms with van der Waals surface area (Å²) in [7, 11) is 0. The van der Waals surface area contributed by atoms with Gasteiger partial charge in [-0.2, -0.15) is 4.68 Å². The minimum Gasteiger partial charge on any atom is -0.492 e. The Morgan fingerprint density at radius 2 is 2.00 bits per heavy atom. The van der Waals surface area contributed by atoms with Crippen LogP contribution in [0.3, 0.4) is 0 Å². The number of tetrazole rings is 1. The molecule has 0 saturated heterocycles. The predicted molar refractivity (Wildman–Crippen MR) is 113 cm³/mol. The first kappa shape index (κ1) is 19.7. The lowest BCUT2D eigenvalue weighted by Gasteiger charge is -2.09. The Labute approximate surface area is 176 Å². The molecule has 7 nitrogen and oxygen atoms in total. The summed E-state index contributed by atoms with van der Waals surface area (Å²) < 4.78 is 21.5. The van der Waals surface area contributed by atoms with Gasteiger partial charge >= 0.3 is 0 Å². The molecular weight excluding hydrogens is 405 g/mol. The van der Waals surface area contributed by atoms with E-state index >= 15 is 0 Å². The zero-order chi connectivity index (χ0) is 21.1. The predicted octanol–water partition coefficient (Wildman–Crippen LogP) is 4.49. The first-order valence-corrected chi connectivity index (χ1v) is 10.1. The van der Waals surface area contributed by atoms with Crippen LogP contribution in [-0.2, 0) is 0 Å². The average molecular weight is 423 g/mol. The summed E-state index contributed by atoms with van der Waals surface area (Å²) in [6.07, 6.45) is 0. The van der Waals surface area contributed by atoms with Crippen LogP contribution in [0, 0.1) is 12.7 Å². The molecule has 152 valence electrons. The van der Waals surface area contributed by atoms with E-state index in [1.165, 1.54) is 28.2 Å². The van der Waals surface area contributed by atoms with Gasteiger partial charge in [-0.3, -0.25) is 4.79 Å². The van der Waals surface area contributed by atoms with Crippen molar-refractivity contribution in [3.63, 3.8) is 0 Å². The first-order valence-electron chi connectivity index (χ1n) is 9.25. The van der Waals surface area contributed by atoms with E-state index in [2.05, 4.69) is 20.8 Å². The molecule has 4 aromatic rings. The summed E-state index contributed by atoms with van der Waals surface area (Å²) in [6, 6.07) is 15.8. The molecule has 0 saturated carbocycles. The lowest BCUT2D eigenvalue weighted by atomic mass is 10.2. The third-order valence-corrected chi connectivity index (χ3v) is 5.49. The molecule has 0 unspecified atom stereocenters. The van der Waals surface area contributed by atoms with Crippen LogP contribution in [0.1, 0.15) is 22.4 Å². The third-order valence-electron chi connectivity index (χ3n) is 4.33. The molecule has 9 heteroatoms. The molecule has 30 heavy (non-hydrogen) atoms. The number of thiophene rings is 1. The summed E-state index contributed by atoms with van der Waals surface area (Å²) in [6.45, 7) is 3.99. The highest BCUT2D eigenvalue weighted by Crippen LogP contribution is 2.37. The van der Waals surface area contributed by atoms with Crippen LogP contribution in [0.4, 0.5) is 10.1 Å². The molecule has 1 amide bonds. The zero-order valence-electron chi connectivity index (χ0n) is 16.3. The molecular formula is C21H18FN5O2S. The summed E-state index contributed by atoms with van der Waals surface area (Å²) >= 11 is 1.29. The number of nitrogens with zero attached hydrogens (tertiary/aromatic N) is 4. The van der Waals surface area contributed by atoms with Gasteiger partial charge in [0.05, 0.1) is 18.0 Å². The largest absolute Gasteiger partial charge is 0.492 e. The van der Waals surface area contributed by atoms with Crippen molar-refractivity contribution < 1.29 is 13.9 Å². The Hall–Kier alpha value is -3.59. The van der Waals surface area contributed by atoms with Crippen LogP contribution in [0.25, 0.3) is 16.1 Å². The Morgan fingerprint density at radius 3 is 2.70 bits per heavy atom. The number of aryl methyl sites for hydroxylation is 1. The smallest absolute Gasteiger partial charge is 0.269 e. The lowest BCUT2D eigenvalue weighted by molar-refractivity contribution is 0.102. The van der Waals surface area contributed by atoms with E-state index in [4.69, 9.17) is 4.74 Å². The second kappa shape index (κ2) is 8.42. The second-order valence-corrected chi connectivity index (χ2v) is 7.41. The molecule has 2 aromatic carbocycles. The molecule has 0 atom stereocenters. The number of hydrogen-bond donors (Lipinski definition) is 1. The highest BCUT2D eigenvalue weighted by atomic mass is 32.1. The molecule has 1 N–H and O–H groups in total.